The van der Waals surface area contributed by atoms with Crippen LogP contribution in [0.3, 0.4) is 0 Å². The lowest BCUT2D eigenvalue weighted by Gasteiger charge is -2.15. The average molecular weight is 275 g/mol. The van der Waals surface area contributed by atoms with Gasteiger partial charge in [0.05, 0.1) is 13.7 Å². The van der Waals surface area contributed by atoms with Crippen LogP contribution in [-0.4, -0.2) is 36.8 Å². The van der Waals surface area contributed by atoms with Crippen LogP contribution in [0.25, 0.3) is 0 Å². The molecule has 0 aliphatic carbocycles. The van der Waals surface area contributed by atoms with Gasteiger partial charge in [0.15, 0.2) is 5.78 Å². The third-order valence-corrected chi connectivity index (χ3v) is 3.72. The number of Topliss-reactive ketones (excluding diaryl/α,β-unsaturated/α-hetero) is 1. The first-order chi connectivity index (χ1) is 9.63. The second-order valence-corrected chi connectivity index (χ2v) is 5.29. The van der Waals surface area contributed by atoms with Gasteiger partial charge in [-0.15, -0.1) is 0 Å². The maximum absolute atomic E-state index is 12.2. The van der Waals surface area contributed by atoms with Crippen molar-refractivity contribution in [1.29, 1.82) is 0 Å². The molecule has 0 N–H and O–H groups in total. The molecule has 1 fully saturated rings. The van der Waals surface area contributed by atoms with E-state index in [1.54, 1.807) is 36.3 Å². The lowest BCUT2D eigenvalue weighted by molar-refractivity contribution is -0.127. The summed E-state index contributed by atoms with van der Waals surface area (Å²) in [5.41, 5.74) is 0.594. The zero-order chi connectivity index (χ0) is 14.5. The highest BCUT2D eigenvalue weighted by atomic mass is 16.5. The standard InChI is InChI=1S/C16H21NO3/c1-3-5-12-8-16(19)17(10-12)11-15(18)13-6-4-7-14(9-13)20-2/h4,6-7,9,12H,3,5,8,10-11H2,1-2H3. The van der Waals surface area contributed by atoms with Crippen LogP contribution < -0.4 is 4.74 Å². The number of rotatable bonds is 6. The Kier molecular flexibility index (Phi) is 4.77. The normalized spacial score (nSPS) is 18.4. The van der Waals surface area contributed by atoms with E-state index in [0.717, 1.165) is 12.8 Å². The van der Waals surface area contributed by atoms with Crippen molar-refractivity contribution < 1.29 is 14.3 Å². The van der Waals surface area contributed by atoms with Crippen molar-refractivity contribution in [3.63, 3.8) is 0 Å². The molecule has 0 bridgehead atoms. The predicted octanol–water partition coefficient (Wildman–Crippen LogP) is 2.53. The van der Waals surface area contributed by atoms with Gasteiger partial charge in [0.1, 0.15) is 5.75 Å². The maximum Gasteiger partial charge on any atom is 0.223 e. The lowest BCUT2D eigenvalue weighted by atomic mass is 10.0. The topological polar surface area (TPSA) is 46.6 Å². The Balaban J connectivity index is 1.99. The first kappa shape index (κ1) is 14.6. The van der Waals surface area contributed by atoms with Gasteiger partial charge >= 0.3 is 0 Å². The first-order valence-electron chi connectivity index (χ1n) is 7.09. The molecule has 1 aliphatic rings. The van der Waals surface area contributed by atoms with Gasteiger partial charge in [-0.3, -0.25) is 9.59 Å². The molecular weight excluding hydrogens is 254 g/mol. The summed E-state index contributed by atoms with van der Waals surface area (Å²) in [6.45, 7) is 3.00. The molecule has 0 aromatic heterocycles. The highest BCUT2D eigenvalue weighted by Crippen LogP contribution is 2.22. The molecule has 1 atom stereocenters. The highest BCUT2D eigenvalue weighted by Gasteiger charge is 2.30. The van der Waals surface area contributed by atoms with Crippen molar-refractivity contribution in [2.24, 2.45) is 5.92 Å². The number of methoxy groups -OCH3 is 1. The molecule has 1 unspecified atom stereocenters. The van der Waals surface area contributed by atoms with Crippen molar-refractivity contribution in [2.75, 3.05) is 20.2 Å². The number of hydrogen-bond donors (Lipinski definition) is 0. The molecule has 1 amide bonds. The lowest BCUT2D eigenvalue weighted by Crippen LogP contribution is -2.31. The molecule has 20 heavy (non-hydrogen) atoms. The van der Waals surface area contributed by atoms with Crippen molar-refractivity contribution >= 4 is 11.7 Å². The fraction of sp³-hybridized carbons (Fsp3) is 0.500. The van der Waals surface area contributed by atoms with Gasteiger partial charge in [-0.25, -0.2) is 0 Å². The van der Waals surface area contributed by atoms with Crippen molar-refractivity contribution in [3.8, 4) is 5.75 Å². The van der Waals surface area contributed by atoms with E-state index in [1.807, 2.05) is 0 Å². The number of carbonyl (C=O) groups is 2. The van der Waals surface area contributed by atoms with Crippen LogP contribution >= 0.6 is 0 Å². The summed E-state index contributed by atoms with van der Waals surface area (Å²) in [6.07, 6.45) is 2.71. The van der Waals surface area contributed by atoms with Crippen LogP contribution in [0.2, 0.25) is 0 Å². The predicted molar refractivity (Wildman–Crippen MR) is 76.9 cm³/mol. The van der Waals surface area contributed by atoms with Gasteiger partial charge in [0.25, 0.3) is 0 Å². The Morgan fingerprint density at radius 3 is 2.95 bits per heavy atom. The summed E-state index contributed by atoms with van der Waals surface area (Å²) in [5.74, 6) is 1.13. The summed E-state index contributed by atoms with van der Waals surface area (Å²) < 4.78 is 5.11. The first-order valence-corrected chi connectivity index (χ1v) is 7.09. The van der Waals surface area contributed by atoms with E-state index in [-0.39, 0.29) is 18.2 Å². The molecular formula is C16H21NO3. The second kappa shape index (κ2) is 6.55. The molecule has 0 radical (unpaired) electrons. The van der Waals surface area contributed by atoms with Crippen LogP contribution in [0.15, 0.2) is 24.3 Å². The molecule has 1 heterocycles. The van der Waals surface area contributed by atoms with E-state index in [2.05, 4.69) is 6.92 Å². The maximum atomic E-state index is 12.2. The summed E-state index contributed by atoms with van der Waals surface area (Å²) >= 11 is 0. The van der Waals surface area contributed by atoms with Crippen LogP contribution in [0, 0.1) is 5.92 Å². The Morgan fingerprint density at radius 1 is 1.45 bits per heavy atom. The molecule has 108 valence electrons. The molecule has 0 saturated carbocycles. The molecule has 1 saturated heterocycles. The fourth-order valence-electron chi connectivity index (χ4n) is 2.67. The zero-order valence-corrected chi connectivity index (χ0v) is 12.1. The Labute approximate surface area is 119 Å². The van der Waals surface area contributed by atoms with Crippen molar-refractivity contribution in [3.05, 3.63) is 29.8 Å². The van der Waals surface area contributed by atoms with Gasteiger partial charge in [0.2, 0.25) is 5.91 Å². The monoisotopic (exact) mass is 275 g/mol. The Bertz CT molecular complexity index is 498. The zero-order valence-electron chi connectivity index (χ0n) is 12.1. The molecule has 4 nitrogen and oxygen atoms in total. The van der Waals surface area contributed by atoms with E-state index in [4.69, 9.17) is 4.74 Å². The van der Waals surface area contributed by atoms with Gasteiger partial charge in [-0.1, -0.05) is 25.5 Å². The fourth-order valence-corrected chi connectivity index (χ4v) is 2.67. The minimum absolute atomic E-state index is 0.0330. The molecule has 0 spiro atoms. The number of hydrogen-bond acceptors (Lipinski definition) is 3. The van der Waals surface area contributed by atoms with Crippen LogP contribution in [0.5, 0.6) is 5.75 Å². The highest BCUT2D eigenvalue weighted by molar-refractivity contribution is 5.99. The number of amides is 1. The number of ether oxygens (including phenoxy) is 1. The molecule has 1 aromatic rings. The summed E-state index contributed by atoms with van der Waals surface area (Å²) in [7, 11) is 1.57. The number of carbonyl (C=O) groups excluding carboxylic acids is 2. The smallest absolute Gasteiger partial charge is 0.223 e. The van der Waals surface area contributed by atoms with E-state index in [1.165, 1.54) is 0 Å². The minimum Gasteiger partial charge on any atom is -0.497 e. The molecule has 2 rings (SSSR count). The third kappa shape index (κ3) is 3.38. The SMILES string of the molecule is CCCC1CC(=O)N(CC(=O)c2cccc(OC)c2)C1. The summed E-state index contributed by atoms with van der Waals surface area (Å²) in [6, 6.07) is 7.06. The largest absolute Gasteiger partial charge is 0.497 e. The van der Waals surface area contributed by atoms with E-state index in [9.17, 15) is 9.59 Å². The van der Waals surface area contributed by atoms with Crippen LogP contribution in [-0.2, 0) is 4.79 Å². The quantitative estimate of drug-likeness (QED) is 0.749. The van der Waals surface area contributed by atoms with Crippen LogP contribution in [0.1, 0.15) is 36.5 Å². The Morgan fingerprint density at radius 2 is 2.25 bits per heavy atom. The molecule has 1 aromatic carbocycles. The van der Waals surface area contributed by atoms with Gasteiger partial charge in [0, 0.05) is 18.5 Å². The van der Waals surface area contributed by atoms with Gasteiger partial charge in [-0.05, 0) is 24.5 Å². The minimum atomic E-state index is -0.0330. The van der Waals surface area contributed by atoms with E-state index >= 15 is 0 Å². The number of benzene rings is 1. The van der Waals surface area contributed by atoms with Gasteiger partial charge in [-0.2, -0.15) is 0 Å². The molecule has 4 heteroatoms. The second-order valence-electron chi connectivity index (χ2n) is 5.29. The summed E-state index contributed by atoms with van der Waals surface area (Å²) in [4.78, 5) is 25.8. The Hall–Kier alpha value is -1.84. The molecule has 1 aliphatic heterocycles. The third-order valence-electron chi connectivity index (χ3n) is 3.72. The van der Waals surface area contributed by atoms with Crippen molar-refractivity contribution in [1.82, 2.24) is 4.90 Å². The van der Waals surface area contributed by atoms with Crippen molar-refractivity contribution in [2.45, 2.75) is 26.2 Å². The number of nitrogens with zero attached hydrogens (tertiary/aromatic N) is 1. The van der Waals surface area contributed by atoms with Crippen LogP contribution in [0.4, 0.5) is 0 Å². The van der Waals surface area contributed by atoms with E-state index in [0.29, 0.717) is 30.2 Å². The average Bonchev–Trinajstić information content (AvgIpc) is 2.79. The summed E-state index contributed by atoms with van der Waals surface area (Å²) in [5, 5.41) is 0. The number of likely N-dealkylation sites (tertiary alicyclic amines) is 1. The van der Waals surface area contributed by atoms with Gasteiger partial charge < -0.3 is 9.64 Å². The van der Waals surface area contributed by atoms with E-state index < -0.39 is 0 Å². The number of ketones is 1.